The number of thiazole rings is 1. The highest BCUT2D eigenvalue weighted by Crippen LogP contribution is 2.33. The number of benzene rings is 2. The van der Waals surface area contributed by atoms with Crippen molar-refractivity contribution in [3.8, 4) is 10.6 Å². The second-order valence-corrected chi connectivity index (χ2v) is 5.54. The summed E-state index contributed by atoms with van der Waals surface area (Å²) in [5, 5.41) is 19.8. The van der Waals surface area contributed by atoms with Gasteiger partial charge in [0.1, 0.15) is 10.5 Å². The first kappa shape index (κ1) is 12.6. The molecule has 2 N–H and O–H groups in total. The van der Waals surface area contributed by atoms with E-state index in [9.17, 15) is 10.0 Å². The number of rotatable bonds is 2. The quantitative estimate of drug-likeness (QED) is 0.712. The van der Waals surface area contributed by atoms with Crippen LogP contribution < -0.4 is 5.46 Å². The summed E-state index contributed by atoms with van der Waals surface area (Å²) >= 11 is 7.63. The molecule has 94 valence electrons. The lowest BCUT2D eigenvalue weighted by molar-refractivity contribution is 0.426. The van der Waals surface area contributed by atoms with E-state index in [0.717, 1.165) is 20.8 Å². The van der Waals surface area contributed by atoms with E-state index in [2.05, 4.69) is 4.98 Å². The van der Waals surface area contributed by atoms with Crippen molar-refractivity contribution in [2.75, 3.05) is 0 Å². The van der Waals surface area contributed by atoms with Crippen molar-refractivity contribution < 1.29 is 10.0 Å². The van der Waals surface area contributed by atoms with Crippen molar-refractivity contribution in [3.05, 3.63) is 47.5 Å². The topological polar surface area (TPSA) is 53.4 Å². The summed E-state index contributed by atoms with van der Waals surface area (Å²) in [5.74, 6) is 0. The molecular formula is C13H9BClNO2S. The molecule has 0 spiro atoms. The van der Waals surface area contributed by atoms with Crippen LogP contribution in [0.25, 0.3) is 20.8 Å². The van der Waals surface area contributed by atoms with Crippen LogP contribution in [0.3, 0.4) is 0 Å². The fourth-order valence-corrected chi connectivity index (χ4v) is 3.13. The van der Waals surface area contributed by atoms with Crippen LogP contribution in [0.15, 0.2) is 42.5 Å². The Kier molecular flexibility index (Phi) is 3.28. The van der Waals surface area contributed by atoms with Gasteiger partial charge >= 0.3 is 7.12 Å². The summed E-state index contributed by atoms with van der Waals surface area (Å²) in [6.07, 6.45) is 0. The van der Waals surface area contributed by atoms with E-state index in [1.54, 1.807) is 24.3 Å². The Morgan fingerprint density at radius 1 is 1.11 bits per heavy atom. The van der Waals surface area contributed by atoms with Gasteiger partial charge < -0.3 is 10.0 Å². The molecule has 0 fully saturated rings. The monoisotopic (exact) mass is 289 g/mol. The Labute approximate surface area is 119 Å². The van der Waals surface area contributed by atoms with Crippen molar-refractivity contribution in [2.24, 2.45) is 0 Å². The minimum absolute atomic E-state index is 0.447. The summed E-state index contributed by atoms with van der Waals surface area (Å²) in [5.41, 5.74) is 2.07. The molecule has 0 aliphatic carbocycles. The molecule has 1 heterocycles. The van der Waals surface area contributed by atoms with E-state index >= 15 is 0 Å². The van der Waals surface area contributed by atoms with Crippen LogP contribution in [0, 0.1) is 0 Å². The number of aromatic nitrogens is 1. The zero-order valence-corrected chi connectivity index (χ0v) is 11.3. The van der Waals surface area contributed by atoms with Crippen molar-refractivity contribution in [1.29, 1.82) is 0 Å². The zero-order valence-electron chi connectivity index (χ0n) is 9.75. The van der Waals surface area contributed by atoms with Gasteiger partial charge in [0.25, 0.3) is 0 Å². The van der Waals surface area contributed by atoms with Gasteiger partial charge in [0, 0.05) is 5.56 Å². The van der Waals surface area contributed by atoms with Crippen LogP contribution in [0.5, 0.6) is 0 Å². The molecule has 0 saturated heterocycles. The number of nitrogens with zero attached hydrogens (tertiary/aromatic N) is 1. The van der Waals surface area contributed by atoms with E-state index in [0.29, 0.717) is 10.5 Å². The first-order valence-electron chi connectivity index (χ1n) is 5.66. The SMILES string of the molecule is OB(O)c1cccc(-c2nc3c(Cl)cccc3s2)c1. The van der Waals surface area contributed by atoms with Crippen molar-refractivity contribution in [1.82, 2.24) is 4.98 Å². The number of halogens is 1. The molecule has 3 nitrogen and oxygen atoms in total. The smallest absolute Gasteiger partial charge is 0.423 e. The average Bonchev–Trinajstić information content (AvgIpc) is 2.84. The number of hydrogen-bond acceptors (Lipinski definition) is 4. The fourth-order valence-electron chi connectivity index (χ4n) is 1.87. The maximum absolute atomic E-state index is 9.20. The van der Waals surface area contributed by atoms with Gasteiger partial charge in [-0.2, -0.15) is 0 Å². The Balaban J connectivity index is 2.14. The van der Waals surface area contributed by atoms with Gasteiger partial charge in [-0.1, -0.05) is 41.9 Å². The molecule has 0 aliphatic heterocycles. The first-order chi connectivity index (χ1) is 9.15. The molecule has 0 atom stereocenters. The number of para-hydroxylation sites is 1. The van der Waals surface area contributed by atoms with Gasteiger partial charge in [-0.25, -0.2) is 4.98 Å². The van der Waals surface area contributed by atoms with Gasteiger partial charge in [0.15, 0.2) is 0 Å². The maximum atomic E-state index is 9.20. The molecule has 6 heteroatoms. The van der Waals surface area contributed by atoms with Gasteiger partial charge in [-0.3, -0.25) is 0 Å². The van der Waals surface area contributed by atoms with Crippen LogP contribution in [-0.4, -0.2) is 22.2 Å². The van der Waals surface area contributed by atoms with Crippen molar-refractivity contribution >= 4 is 45.7 Å². The lowest BCUT2D eigenvalue weighted by atomic mass is 9.80. The molecule has 0 saturated carbocycles. The van der Waals surface area contributed by atoms with Gasteiger partial charge in [-0.15, -0.1) is 11.3 Å². The normalized spacial score (nSPS) is 10.9. The third-order valence-corrected chi connectivity index (χ3v) is 4.18. The maximum Gasteiger partial charge on any atom is 0.488 e. The van der Waals surface area contributed by atoms with Crippen molar-refractivity contribution in [3.63, 3.8) is 0 Å². The molecule has 2 aromatic carbocycles. The Bertz CT molecular complexity index is 744. The molecule has 0 aliphatic rings. The largest absolute Gasteiger partial charge is 0.488 e. The molecule has 19 heavy (non-hydrogen) atoms. The summed E-state index contributed by atoms with van der Waals surface area (Å²) in [6.45, 7) is 0. The zero-order chi connectivity index (χ0) is 13.4. The molecule has 3 rings (SSSR count). The summed E-state index contributed by atoms with van der Waals surface area (Å²) < 4.78 is 1.01. The summed E-state index contributed by atoms with van der Waals surface area (Å²) in [7, 11) is -1.47. The van der Waals surface area contributed by atoms with E-state index in [4.69, 9.17) is 11.6 Å². The third-order valence-electron chi connectivity index (χ3n) is 2.80. The highest BCUT2D eigenvalue weighted by atomic mass is 35.5. The van der Waals surface area contributed by atoms with Crippen LogP contribution in [-0.2, 0) is 0 Å². The molecule has 0 radical (unpaired) electrons. The highest BCUT2D eigenvalue weighted by molar-refractivity contribution is 7.21. The van der Waals surface area contributed by atoms with Gasteiger partial charge in [0.05, 0.1) is 9.72 Å². The molecule has 1 aromatic heterocycles. The van der Waals surface area contributed by atoms with Crippen molar-refractivity contribution in [2.45, 2.75) is 0 Å². The van der Waals surface area contributed by atoms with E-state index in [-0.39, 0.29) is 0 Å². The number of fused-ring (bicyclic) bond motifs is 1. The second-order valence-electron chi connectivity index (χ2n) is 4.10. The Morgan fingerprint density at radius 3 is 2.63 bits per heavy atom. The molecule has 3 aromatic rings. The lowest BCUT2D eigenvalue weighted by Crippen LogP contribution is -2.29. The predicted octanol–water partition coefficient (Wildman–Crippen LogP) is 2.30. The van der Waals surface area contributed by atoms with Gasteiger partial charge in [0.2, 0.25) is 0 Å². The van der Waals surface area contributed by atoms with E-state index in [1.165, 1.54) is 11.3 Å². The standard InChI is InChI=1S/C13H9BClNO2S/c15-10-5-2-6-11-12(10)16-13(19-11)8-3-1-4-9(7-8)14(17)18/h1-7,17-18H. The third kappa shape index (κ3) is 2.38. The molecular weight excluding hydrogens is 280 g/mol. The Hall–Kier alpha value is -1.40. The van der Waals surface area contributed by atoms with E-state index < -0.39 is 7.12 Å². The molecule has 0 amide bonds. The molecule has 0 bridgehead atoms. The van der Waals surface area contributed by atoms with Crippen LogP contribution in [0.1, 0.15) is 0 Å². The average molecular weight is 290 g/mol. The summed E-state index contributed by atoms with van der Waals surface area (Å²) in [4.78, 5) is 4.51. The Morgan fingerprint density at radius 2 is 1.89 bits per heavy atom. The molecule has 0 unspecified atom stereocenters. The number of hydrogen-bond donors (Lipinski definition) is 2. The first-order valence-corrected chi connectivity index (χ1v) is 6.86. The summed E-state index contributed by atoms with van der Waals surface area (Å²) in [6, 6.07) is 12.7. The second kappa shape index (κ2) is 4.94. The van der Waals surface area contributed by atoms with E-state index in [1.807, 2.05) is 18.2 Å². The van der Waals surface area contributed by atoms with Crippen LogP contribution >= 0.6 is 22.9 Å². The predicted molar refractivity (Wildman–Crippen MR) is 79.9 cm³/mol. The lowest BCUT2D eigenvalue weighted by Gasteiger charge is -2.01. The fraction of sp³-hybridized carbons (Fsp3) is 0. The minimum Gasteiger partial charge on any atom is -0.423 e. The minimum atomic E-state index is -1.47. The van der Waals surface area contributed by atoms with Crippen LogP contribution in [0.2, 0.25) is 5.02 Å². The van der Waals surface area contributed by atoms with Gasteiger partial charge in [-0.05, 0) is 17.6 Å². The van der Waals surface area contributed by atoms with Crippen LogP contribution in [0.4, 0.5) is 0 Å². The highest BCUT2D eigenvalue weighted by Gasteiger charge is 2.13.